The minimum atomic E-state index is -0.433. The molecule has 0 bridgehead atoms. The molecule has 5 nitrogen and oxygen atoms in total. The second kappa shape index (κ2) is 9.17. The number of benzene rings is 2. The van der Waals surface area contributed by atoms with E-state index in [1.807, 2.05) is 0 Å². The van der Waals surface area contributed by atoms with Crippen molar-refractivity contribution in [1.29, 1.82) is 0 Å². The van der Waals surface area contributed by atoms with Gasteiger partial charge >= 0.3 is 0 Å². The number of carbonyl (C=O) groups excluding carboxylic acids is 2. The number of nitrogens with one attached hydrogen (secondary N) is 1. The number of hydrogen-bond acceptors (Lipinski definition) is 3. The lowest BCUT2D eigenvalue weighted by molar-refractivity contribution is -0.133. The maximum absolute atomic E-state index is 13.6. The fraction of sp³-hybridized carbons (Fsp3) is 0.273. The summed E-state index contributed by atoms with van der Waals surface area (Å²) in [5.41, 5.74) is 0.649. The molecule has 1 fully saturated rings. The molecule has 0 saturated carbocycles. The zero-order chi connectivity index (χ0) is 19.9. The summed E-state index contributed by atoms with van der Waals surface area (Å²) >= 11 is 0. The van der Waals surface area contributed by atoms with Gasteiger partial charge in [-0.2, -0.15) is 0 Å². The molecule has 0 radical (unpaired) electrons. The van der Waals surface area contributed by atoms with Gasteiger partial charge in [-0.05, 0) is 49.2 Å². The van der Waals surface area contributed by atoms with E-state index in [1.165, 1.54) is 6.07 Å². The normalized spacial score (nSPS) is 14.4. The fourth-order valence-electron chi connectivity index (χ4n) is 3.15. The number of amides is 2. The maximum atomic E-state index is 13.6. The fourth-order valence-corrected chi connectivity index (χ4v) is 3.15. The standard InChI is InChI=1S/C22H23FN2O3/c1-2-5-21(26)25-14-12-16(13-15-25)22(27)24-17-8-10-18(11-9-17)28-20-7-4-3-6-19(20)23/h2-4,6-11,16H,1,5,12-15H2,(H,24,27). The highest BCUT2D eigenvalue weighted by atomic mass is 19.1. The molecule has 0 atom stereocenters. The Morgan fingerprint density at radius 3 is 2.46 bits per heavy atom. The number of carbonyl (C=O) groups is 2. The van der Waals surface area contributed by atoms with Gasteiger partial charge in [0.15, 0.2) is 11.6 Å². The van der Waals surface area contributed by atoms with Crippen LogP contribution < -0.4 is 10.1 Å². The van der Waals surface area contributed by atoms with Crippen LogP contribution in [0.15, 0.2) is 61.2 Å². The van der Waals surface area contributed by atoms with Crippen LogP contribution in [0.2, 0.25) is 0 Å². The van der Waals surface area contributed by atoms with E-state index in [4.69, 9.17) is 4.74 Å². The second-order valence-corrected chi connectivity index (χ2v) is 6.69. The molecule has 0 aliphatic carbocycles. The first kappa shape index (κ1) is 19.6. The van der Waals surface area contributed by atoms with E-state index >= 15 is 0 Å². The van der Waals surface area contributed by atoms with Crippen molar-refractivity contribution in [3.63, 3.8) is 0 Å². The summed E-state index contributed by atoms with van der Waals surface area (Å²) in [4.78, 5) is 26.1. The number of piperidine rings is 1. The summed E-state index contributed by atoms with van der Waals surface area (Å²) in [5.74, 6) is 0.0759. The van der Waals surface area contributed by atoms with Crippen molar-refractivity contribution in [2.45, 2.75) is 19.3 Å². The van der Waals surface area contributed by atoms with Gasteiger partial charge in [-0.15, -0.1) is 6.58 Å². The molecule has 2 aromatic carbocycles. The van der Waals surface area contributed by atoms with E-state index < -0.39 is 5.82 Å². The molecule has 1 aliphatic heterocycles. The van der Waals surface area contributed by atoms with E-state index in [9.17, 15) is 14.0 Å². The Kier molecular flexibility index (Phi) is 6.42. The monoisotopic (exact) mass is 382 g/mol. The molecule has 0 aromatic heterocycles. The number of hydrogen-bond donors (Lipinski definition) is 1. The van der Waals surface area contributed by atoms with Crippen molar-refractivity contribution in [3.8, 4) is 11.5 Å². The van der Waals surface area contributed by atoms with Crippen LogP contribution in [0.5, 0.6) is 11.5 Å². The second-order valence-electron chi connectivity index (χ2n) is 6.69. The minimum Gasteiger partial charge on any atom is -0.454 e. The number of ether oxygens (including phenoxy) is 1. The molecule has 28 heavy (non-hydrogen) atoms. The molecule has 1 aliphatic rings. The molecular formula is C22H23FN2O3. The molecule has 1 heterocycles. The number of anilines is 1. The highest BCUT2D eigenvalue weighted by Crippen LogP contribution is 2.26. The van der Waals surface area contributed by atoms with Crippen molar-refractivity contribution >= 4 is 17.5 Å². The molecule has 1 N–H and O–H groups in total. The third-order valence-electron chi connectivity index (χ3n) is 4.72. The van der Waals surface area contributed by atoms with Crippen LogP contribution >= 0.6 is 0 Å². The van der Waals surface area contributed by atoms with Crippen LogP contribution in [0, 0.1) is 11.7 Å². The zero-order valence-corrected chi connectivity index (χ0v) is 15.6. The quantitative estimate of drug-likeness (QED) is 0.755. The zero-order valence-electron chi connectivity index (χ0n) is 15.6. The highest BCUT2D eigenvalue weighted by Gasteiger charge is 2.26. The Morgan fingerprint density at radius 1 is 1.14 bits per heavy atom. The van der Waals surface area contributed by atoms with Crippen LogP contribution in [0.25, 0.3) is 0 Å². The Labute approximate surface area is 163 Å². The third kappa shape index (κ3) is 4.97. The maximum Gasteiger partial charge on any atom is 0.227 e. The lowest BCUT2D eigenvalue weighted by atomic mass is 9.95. The molecule has 146 valence electrons. The van der Waals surface area contributed by atoms with Gasteiger partial charge in [-0.1, -0.05) is 18.2 Å². The van der Waals surface area contributed by atoms with Crippen LogP contribution in [0.3, 0.4) is 0 Å². The number of nitrogens with zero attached hydrogens (tertiary/aromatic N) is 1. The number of likely N-dealkylation sites (tertiary alicyclic amines) is 1. The SMILES string of the molecule is C=CCC(=O)N1CCC(C(=O)Nc2ccc(Oc3ccccc3F)cc2)CC1. The molecule has 3 rings (SSSR count). The van der Waals surface area contributed by atoms with Gasteiger partial charge < -0.3 is 15.0 Å². The van der Waals surface area contributed by atoms with Gasteiger partial charge in [0.25, 0.3) is 0 Å². The summed E-state index contributed by atoms with van der Waals surface area (Å²) in [5, 5.41) is 2.90. The van der Waals surface area contributed by atoms with E-state index in [2.05, 4.69) is 11.9 Å². The highest BCUT2D eigenvalue weighted by molar-refractivity contribution is 5.92. The van der Waals surface area contributed by atoms with Gasteiger partial charge in [-0.3, -0.25) is 9.59 Å². The van der Waals surface area contributed by atoms with E-state index in [-0.39, 0.29) is 23.5 Å². The smallest absolute Gasteiger partial charge is 0.227 e. The average molecular weight is 382 g/mol. The van der Waals surface area contributed by atoms with Gasteiger partial charge in [-0.25, -0.2) is 4.39 Å². The lowest BCUT2D eigenvalue weighted by Gasteiger charge is -2.31. The molecule has 6 heteroatoms. The van der Waals surface area contributed by atoms with E-state index in [1.54, 1.807) is 53.4 Å². The molecule has 1 saturated heterocycles. The number of para-hydroxylation sites is 1. The number of rotatable bonds is 6. The first-order chi connectivity index (χ1) is 13.6. The summed E-state index contributed by atoms with van der Waals surface area (Å²) in [7, 11) is 0. The summed E-state index contributed by atoms with van der Waals surface area (Å²) in [6.45, 7) is 4.75. The first-order valence-electron chi connectivity index (χ1n) is 9.29. The van der Waals surface area contributed by atoms with Crippen LogP contribution in [-0.2, 0) is 9.59 Å². The largest absolute Gasteiger partial charge is 0.454 e. The molecule has 2 aromatic rings. The van der Waals surface area contributed by atoms with E-state index in [0.717, 1.165) is 0 Å². The Hall–Kier alpha value is -3.15. The van der Waals surface area contributed by atoms with Crippen molar-refractivity contribution in [2.24, 2.45) is 5.92 Å². The van der Waals surface area contributed by atoms with Gasteiger partial charge in [0.2, 0.25) is 11.8 Å². The summed E-state index contributed by atoms with van der Waals surface area (Å²) < 4.78 is 19.1. The molecule has 0 spiro atoms. The Bertz CT molecular complexity index is 843. The van der Waals surface area contributed by atoms with Crippen molar-refractivity contribution < 1.29 is 18.7 Å². The minimum absolute atomic E-state index is 0.0549. The topological polar surface area (TPSA) is 58.6 Å². The van der Waals surface area contributed by atoms with Crippen molar-refractivity contribution in [3.05, 3.63) is 67.0 Å². The Balaban J connectivity index is 1.52. The summed E-state index contributed by atoms with van der Waals surface area (Å²) in [6.07, 6.45) is 3.21. The molecule has 2 amide bonds. The van der Waals surface area contributed by atoms with Crippen molar-refractivity contribution in [2.75, 3.05) is 18.4 Å². The first-order valence-corrected chi connectivity index (χ1v) is 9.29. The van der Waals surface area contributed by atoms with Crippen LogP contribution in [0.1, 0.15) is 19.3 Å². The van der Waals surface area contributed by atoms with E-state index in [0.29, 0.717) is 43.8 Å². The lowest BCUT2D eigenvalue weighted by Crippen LogP contribution is -2.41. The molecule has 0 unspecified atom stereocenters. The van der Waals surface area contributed by atoms with Crippen molar-refractivity contribution in [1.82, 2.24) is 4.90 Å². The van der Waals surface area contributed by atoms with Crippen LogP contribution in [0.4, 0.5) is 10.1 Å². The Morgan fingerprint density at radius 2 is 1.82 bits per heavy atom. The average Bonchev–Trinajstić information content (AvgIpc) is 2.71. The summed E-state index contributed by atoms with van der Waals surface area (Å²) in [6, 6.07) is 13.0. The predicted molar refractivity (Wildman–Crippen MR) is 106 cm³/mol. The predicted octanol–water partition coefficient (Wildman–Crippen LogP) is 4.37. The third-order valence-corrected chi connectivity index (χ3v) is 4.72. The number of halogens is 1. The van der Waals surface area contributed by atoms with Crippen LogP contribution in [-0.4, -0.2) is 29.8 Å². The van der Waals surface area contributed by atoms with Gasteiger partial charge in [0.1, 0.15) is 5.75 Å². The van der Waals surface area contributed by atoms with Gasteiger partial charge in [0.05, 0.1) is 0 Å². The molecular weight excluding hydrogens is 359 g/mol. The van der Waals surface area contributed by atoms with Gasteiger partial charge in [0, 0.05) is 31.1 Å².